The van der Waals surface area contributed by atoms with E-state index >= 15 is 0 Å². The first-order chi connectivity index (χ1) is 9.15. The molecule has 2 aromatic rings. The molecule has 0 atom stereocenters. The summed E-state index contributed by atoms with van der Waals surface area (Å²) in [7, 11) is 0. The van der Waals surface area contributed by atoms with E-state index in [1.165, 1.54) is 28.4 Å². The molecule has 100 valence electrons. The van der Waals surface area contributed by atoms with Crippen molar-refractivity contribution in [2.75, 3.05) is 6.54 Å². The smallest absolute Gasteiger partial charge is 0.338 e. The summed E-state index contributed by atoms with van der Waals surface area (Å²) in [6, 6.07) is 0. The fourth-order valence-corrected chi connectivity index (χ4v) is 2.07. The van der Waals surface area contributed by atoms with Crippen LogP contribution >= 0.6 is 11.3 Å². The second-order valence-electron chi connectivity index (χ2n) is 3.76. The molecular weight excluding hydrogens is 268 g/mol. The molecule has 0 bridgehead atoms. The Hall–Kier alpha value is -2.22. The lowest BCUT2D eigenvalue weighted by molar-refractivity contribution is -0.121. The lowest BCUT2D eigenvalue weighted by Crippen LogP contribution is -2.29. The molecular formula is C11H12N4O3S. The summed E-state index contributed by atoms with van der Waals surface area (Å²) >= 11 is 1.54. The third-order valence-electron chi connectivity index (χ3n) is 2.33. The van der Waals surface area contributed by atoms with Crippen molar-refractivity contribution in [1.82, 2.24) is 20.1 Å². The number of carboxylic acid groups (broad SMARTS) is 1. The number of carbonyl (C=O) groups is 2. The van der Waals surface area contributed by atoms with Gasteiger partial charge in [0, 0.05) is 30.7 Å². The van der Waals surface area contributed by atoms with Crippen molar-refractivity contribution in [2.45, 2.75) is 13.0 Å². The van der Waals surface area contributed by atoms with Crippen LogP contribution in [0.25, 0.3) is 0 Å². The predicted octanol–water partition coefficient (Wildman–Crippen LogP) is 0.397. The van der Waals surface area contributed by atoms with E-state index in [4.69, 9.17) is 5.11 Å². The first-order valence-electron chi connectivity index (χ1n) is 5.56. The van der Waals surface area contributed by atoms with Crippen LogP contribution in [0.3, 0.4) is 0 Å². The Morgan fingerprint density at radius 3 is 2.95 bits per heavy atom. The third-order valence-corrected chi connectivity index (χ3v) is 3.17. The zero-order chi connectivity index (χ0) is 13.7. The van der Waals surface area contributed by atoms with Crippen molar-refractivity contribution in [3.8, 4) is 0 Å². The Bertz CT molecular complexity index is 564. The molecule has 2 aromatic heterocycles. The second kappa shape index (κ2) is 6.10. The van der Waals surface area contributed by atoms with Crippen LogP contribution < -0.4 is 5.32 Å². The third kappa shape index (κ3) is 3.88. The van der Waals surface area contributed by atoms with Crippen LogP contribution in [-0.2, 0) is 17.8 Å². The maximum Gasteiger partial charge on any atom is 0.338 e. The number of amides is 1. The van der Waals surface area contributed by atoms with Crippen LogP contribution in [-0.4, -0.2) is 38.3 Å². The average Bonchev–Trinajstić information content (AvgIpc) is 3.00. The second-order valence-corrected chi connectivity index (χ2v) is 4.74. The lowest BCUT2D eigenvalue weighted by Gasteiger charge is -2.03. The van der Waals surface area contributed by atoms with Crippen LogP contribution in [0.4, 0.5) is 0 Å². The highest BCUT2D eigenvalue weighted by atomic mass is 32.1. The van der Waals surface area contributed by atoms with E-state index in [0.717, 1.165) is 5.01 Å². The molecule has 0 saturated heterocycles. The van der Waals surface area contributed by atoms with E-state index < -0.39 is 5.97 Å². The molecule has 2 rings (SSSR count). The normalized spacial score (nSPS) is 10.3. The van der Waals surface area contributed by atoms with E-state index in [1.54, 1.807) is 6.20 Å². The van der Waals surface area contributed by atoms with Crippen LogP contribution in [0.5, 0.6) is 0 Å². The van der Waals surface area contributed by atoms with E-state index in [1.807, 2.05) is 5.38 Å². The van der Waals surface area contributed by atoms with Gasteiger partial charge < -0.3 is 10.4 Å². The minimum absolute atomic E-state index is 0.00511. The Labute approximate surface area is 112 Å². The van der Waals surface area contributed by atoms with Gasteiger partial charge in [-0.25, -0.2) is 9.78 Å². The quantitative estimate of drug-likeness (QED) is 0.798. The molecule has 0 unspecified atom stereocenters. The molecule has 8 heteroatoms. The van der Waals surface area contributed by atoms with Crippen LogP contribution in [0.2, 0.25) is 0 Å². The van der Waals surface area contributed by atoms with Gasteiger partial charge in [0.1, 0.15) is 6.54 Å². The summed E-state index contributed by atoms with van der Waals surface area (Å²) < 4.78 is 1.29. The monoisotopic (exact) mass is 280 g/mol. The molecule has 19 heavy (non-hydrogen) atoms. The van der Waals surface area contributed by atoms with Gasteiger partial charge in [-0.2, -0.15) is 5.10 Å². The predicted molar refractivity (Wildman–Crippen MR) is 68.0 cm³/mol. The molecule has 0 aliphatic rings. The number of aromatic nitrogens is 3. The van der Waals surface area contributed by atoms with Gasteiger partial charge in [0.2, 0.25) is 5.91 Å². The van der Waals surface area contributed by atoms with Crippen molar-refractivity contribution in [2.24, 2.45) is 0 Å². The highest BCUT2D eigenvalue weighted by molar-refractivity contribution is 7.09. The lowest BCUT2D eigenvalue weighted by atomic mass is 10.4. The first-order valence-corrected chi connectivity index (χ1v) is 6.44. The van der Waals surface area contributed by atoms with E-state index in [2.05, 4.69) is 15.4 Å². The highest BCUT2D eigenvalue weighted by Gasteiger charge is 2.08. The summed E-state index contributed by atoms with van der Waals surface area (Å²) in [6.07, 6.45) is 4.94. The topological polar surface area (TPSA) is 97.1 Å². The van der Waals surface area contributed by atoms with Gasteiger partial charge >= 0.3 is 5.97 Å². The molecule has 0 saturated carbocycles. The molecule has 2 N–H and O–H groups in total. The first kappa shape index (κ1) is 13.2. The molecule has 0 aliphatic carbocycles. The largest absolute Gasteiger partial charge is 0.478 e. The van der Waals surface area contributed by atoms with Crippen molar-refractivity contribution in [3.05, 3.63) is 34.5 Å². The van der Waals surface area contributed by atoms with Crippen molar-refractivity contribution in [3.63, 3.8) is 0 Å². The maximum absolute atomic E-state index is 11.6. The van der Waals surface area contributed by atoms with Crippen LogP contribution in [0.15, 0.2) is 24.0 Å². The molecule has 0 spiro atoms. The number of hydrogen-bond acceptors (Lipinski definition) is 5. The zero-order valence-electron chi connectivity index (χ0n) is 9.94. The zero-order valence-corrected chi connectivity index (χ0v) is 10.8. The summed E-state index contributed by atoms with van der Waals surface area (Å²) in [5.74, 6) is -1.27. The standard InChI is InChI=1S/C11H12N4O3S/c16-9(12-2-1-10-13-3-4-19-10)7-15-6-8(5-14-15)11(17)18/h3-6H,1-2,7H2,(H,12,16)(H,17,18). The Balaban J connectivity index is 1.75. The molecule has 0 aromatic carbocycles. The molecule has 0 radical (unpaired) electrons. The molecule has 7 nitrogen and oxygen atoms in total. The summed E-state index contributed by atoms with van der Waals surface area (Å²) in [4.78, 5) is 26.3. The number of carboxylic acids is 1. The minimum atomic E-state index is -1.06. The van der Waals surface area contributed by atoms with Crippen molar-refractivity contribution >= 4 is 23.2 Å². The fourth-order valence-electron chi connectivity index (χ4n) is 1.45. The van der Waals surface area contributed by atoms with Gasteiger partial charge in [-0.3, -0.25) is 9.48 Å². The maximum atomic E-state index is 11.6. The van der Waals surface area contributed by atoms with Gasteiger partial charge in [-0.05, 0) is 0 Å². The number of nitrogens with zero attached hydrogens (tertiary/aromatic N) is 3. The Kier molecular flexibility index (Phi) is 4.24. The number of nitrogens with one attached hydrogen (secondary N) is 1. The summed E-state index contributed by atoms with van der Waals surface area (Å²) in [5, 5.41) is 18.1. The van der Waals surface area contributed by atoms with Gasteiger partial charge in [-0.15, -0.1) is 11.3 Å². The molecule has 2 heterocycles. The van der Waals surface area contributed by atoms with E-state index in [9.17, 15) is 9.59 Å². The molecule has 0 aliphatic heterocycles. The summed E-state index contributed by atoms with van der Waals surface area (Å²) in [6.45, 7) is 0.505. The number of rotatable bonds is 6. The van der Waals surface area contributed by atoms with Gasteiger partial charge in [-0.1, -0.05) is 0 Å². The SMILES string of the molecule is O=C(Cn1cc(C(=O)O)cn1)NCCc1nccs1. The minimum Gasteiger partial charge on any atom is -0.478 e. The highest BCUT2D eigenvalue weighted by Crippen LogP contribution is 2.03. The Morgan fingerprint density at radius 2 is 2.32 bits per heavy atom. The van der Waals surface area contributed by atoms with Gasteiger partial charge in [0.25, 0.3) is 0 Å². The number of hydrogen-bond donors (Lipinski definition) is 2. The fraction of sp³-hybridized carbons (Fsp3) is 0.273. The average molecular weight is 280 g/mol. The number of thiazole rings is 1. The van der Waals surface area contributed by atoms with Crippen molar-refractivity contribution < 1.29 is 14.7 Å². The van der Waals surface area contributed by atoms with Crippen LogP contribution in [0.1, 0.15) is 15.4 Å². The number of carbonyl (C=O) groups excluding carboxylic acids is 1. The number of aromatic carboxylic acids is 1. The van der Waals surface area contributed by atoms with E-state index in [0.29, 0.717) is 13.0 Å². The van der Waals surface area contributed by atoms with Gasteiger partial charge in [0.15, 0.2) is 0 Å². The van der Waals surface area contributed by atoms with Gasteiger partial charge in [0.05, 0.1) is 16.8 Å². The Morgan fingerprint density at radius 1 is 1.47 bits per heavy atom. The van der Waals surface area contributed by atoms with Crippen molar-refractivity contribution in [1.29, 1.82) is 0 Å². The molecule has 0 fully saturated rings. The summed E-state index contributed by atoms with van der Waals surface area (Å²) in [5.41, 5.74) is 0.0654. The molecule has 1 amide bonds. The van der Waals surface area contributed by atoms with Crippen LogP contribution in [0, 0.1) is 0 Å². The van der Waals surface area contributed by atoms with E-state index in [-0.39, 0.29) is 18.0 Å².